The van der Waals surface area contributed by atoms with Crippen molar-refractivity contribution in [3.05, 3.63) is 59.7 Å². The van der Waals surface area contributed by atoms with Crippen LogP contribution in [0.4, 0.5) is 17.2 Å². The quantitative estimate of drug-likeness (QED) is 0.771. The fourth-order valence-electron chi connectivity index (χ4n) is 2.63. The van der Waals surface area contributed by atoms with Gasteiger partial charge in [0.2, 0.25) is 0 Å². The average molecular weight is 317 g/mol. The molecule has 2 aromatic carbocycles. The molecule has 0 atom stereocenters. The first-order valence-electron chi connectivity index (χ1n) is 7.68. The Bertz CT molecular complexity index is 910. The Morgan fingerprint density at radius 3 is 2.58 bits per heavy atom. The number of aromatic nitrogens is 1. The summed E-state index contributed by atoms with van der Waals surface area (Å²) in [5.74, 6) is 0.248. The first-order valence-corrected chi connectivity index (χ1v) is 7.68. The second-order valence-electron chi connectivity index (χ2n) is 5.79. The van der Waals surface area contributed by atoms with Gasteiger partial charge in [0, 0.05) is 31.7 Å². The van der Waals surface area contributed by atoms with Gasteiger partial charge in [-0.15, -0.1) is 0 Å². The predicted octanol–water partition coefficient (Wildman–Crippen LogP) is 3.37. The number of nitrogen functional groups attached to an aromatic ring is 1. The third kappa shape index (κ3) is 2.95. The summed E-state index contributed by atoms with van der Waals surface area (Å²) in [5, 5.41) is 13.8. The summed E-state index contributed by atoms with van der Waals surface area (Å²) in [4.78, 5) is 6.38. The molecule has 1 heterocycles. The van der Waals surface area contributed by atoms with Gasteiger partial charge in [-0.1, -0.05) is 30.3 Å². The lowest BCUT2D eigenvalue weighted by atomic mass is 10.1. The molecule has 0 amide bonds. The molecule has 0 radical (unpaired) electrons. The van der Waals surface area contributed by atoms with E-state index in [-0.39, 0.29) is 5.82 Å². The van der Waals surface area contributed by atoms with Gasteiger partial charge in [-0.3, -0.25) is 0 Å². The van der Waals surface area contributed by atoms with E-state index in [4.69, 9.17) is 5.73 Å². The highest BCUT2D eigenvalue weighted by atomic mass is 15.1. The van der Waals surface area contributed by atoms with Crippen molar-refractivity contribution < 1.29 is 0 Å². The number of rotatable bonds is 4. The fraction of sp³-hybridized carbons (Fsp3) is 0.158. The van der Waals surface area contributed by atoms with Crippen molar-refractivity contribution in [3.8, 4) is 6.07 Å². The number of benzene rings is 2. The lowest BCUT2D eigenvalue weighted by molar-refractivity contribution is 1.13. The maximum absolute atomic E-state index is 9.51. The van der Waals surface area contributed by atoms with Crippen molar-refractivity contribution in [3.63, 3.8) is 0 Å². The molecule has 1 aromatic heterocycles. The molecule has 0 fully saturated rings. The number of nitrogens with one attached hydrogen (secondary N) is 1. The van der Waals surface area contributed by atoms with E-state index in [1.54, 1.807) is 0 Å². The third-order valence-corrected chi connectivity index (χ3v) is 3.94. The molecular weight excluding hydrogens is 298 g/mol. The molecule has 3 aromatic rings. The van der Waals surface area contributed by atoms with Crippen LogP contribution in [0.2, 0.25) is 0 Å². The Kier molecular flexibility index (Phi) is 4.21. The van der Waals surface area contributed by atoms with Crippen molar-refractivity contribution in [1.82, 2.24) is 4.98 Å². The van der Waals surface area contributed by atoms with Crippen LogP contribution >= 0.6 is 0 Å². The van der Waals surface area contributed by atoms with Gasteiger partial charge in [0.25, 0.3) is 0 Å². The van der Waals surface area contributed by atoms with E-state index >= 15 is 0 Å². The van der Waals surface area contributed by atoms with E-state index in [2.05, 4.69) is 16.4 Å². The Hall–Kier alpha value is -3.26. The van der Waals surface area contributed by atoms with E-state index < -0.39 is 0 Å². The van der Waals surface area contributed by atoms with Crippen LogP contribution in [0.15, 0.2) is 48.5 Å². The standard InChI is InChI=1S/C19H19N5/c1-24(2)14-8-9-17-15(10-14)18(16(11-20)19(21)23-17)22-12-13-6-4-3-5-7-13/h3-10H,12H2,1-2H3,(H3,21,22,23). The molecule has 0 spiro atoms. The summed E-state index contributed by atoms with van der Waals surface area (Å²) < 4.78 is 0. The van der Waals surface area contributed by atoms with Gasteiger partial charge in [0.15, 0.2) is 0 Å². The van der Waals surface area contributed by atoms with Gasteiger partial charge in [-0.25, -0.2) is 4.98 Å². The molecule has 0 aliphatic carbocycles. The second-order valence-corrected chi connectivity index (χ2v) is 5.79. The van der Waals surface area contributed by atoms with Gasteiger partial charge in [0.05, 0.1) is 11.2 Å². The van der Waals surface area contributed by atoms with Gasteiger partial charge in [-0.2, -0.15) is 5.26 Å². The SMILES string of the molecule is CN(C)c1ccc2nc(N)c(C#N)c(NCc3ccccc3)c2c1. The molecule has 0 aliphatic heterocycles. The highest BCUT2D eigenvalue weighted by molar-refractivity contribution is 5.98. The monoisotopic (exact) mass is 317 g/mol. The van der Waals surface area contributed by atoms with Crippen LogP contribution in [-0.2, 0) is 6.54 Å². The van der Waals surface area contributed by atoms with Gasteiger partial charge in [0.1, 0.15) is 17.5 Å². The smallest absolute Gasteiger partial charge is 0.144 e. The van der Waals surface area contributed by atoms with Crippen molar-refractivity contribution in [2.75, 3.05) is 30.0 Å². The van der Waals surface area contributed by atoms with E-state index in [0.29, 0.717) is 12.1 Å². The lowest BCUT2D eigenvalue weighted by Gasteiger charge is -2.17. The third-order valence-electron chi connectivity index (χ3n) is 3.94. The number of nitrogens with zero attached hydrogens (tertiary/aromatic N) is 3. The van der Waals surface area contributed by atoms with Crippen LogP contribution in [0, 0.1) is 11.3 Å². The van der Waals surface area contributed by atoms with Crippen molar-refractivity contribution in [1.29, 1.82) is 5.26 Å². The highest BCUT2D eigenvalue weighted by Crippen LogP contribution is 2.32. The maximum Gasteiger partial charge on any atom is 0.144 e. The zero-order valence-electron chi connectivity index (χ0n) is 13.7. The fourth-order valence-corrected chi connectivity index (χ4v) is 2.63. The first-order chi connectivity index (χ1) is 11.6. The summed E-state index contributed by atoms with van der Waals surface area (Å²) >= 11 is 0. The number of hydrogen-bond acceptors (Lipinski definition) is 5. The summed E-state index contributed by atoms with van der Waals surface area (Å²) in [6, 6.07) is 18.2. The molecule has 24 heavy (non-hydrogen) atoms. The number of fused-ring (bicyclic) bond motifs is 1. The van der Waals surface area contributed by atoms with Crippen LogP contribution in [0.1, 0.15) is 11.1 Å². The van der Waals surface area contributed by atoms with Gasteiger partial charge < -0.3 is 16.0 Å². The molecular formula is C19H19N5. The minimum Gasteiger partial charge on any atom is -0.383 e. The number of hydrogen-bond donors (Lipinski definition) is 2. The van der Waals surface area contributed by atoms with E-state index in [9.17, 15) is 5.26 Å². The molecule has 0 saturated heterocycles. The molecule has 0 unspecified atom stereocenters. The summed E-state index contributed by atoms with van der Waals surface area (Å²) in [5.41, 5.74) is 10.0. The summed E-state index contributed by atoms with van der Waals surface area (Å²) in [7, 11) is 3.96. The topological polar surface area (TPSA) is 78.0 Å². The van der Waals surface area contributed by atoms with Crippen LogP contribution in [0.3, 0.4) is 0 Å². The molecule has 5 nitrogen and oxygen atoms in total. The van der Waals surface area contributed by atoms with Gasteiger partial charge in [-0.05, 0) is 23.8 Å². The molecule has 0 saturated carbocycles. The minimum atomic E-state index is 0.248. The predicted molar refractivity (Wildman–Crippen MR) is 99.0 cm³/mol. The van der Waals surface area contributed by atoms with Crippen molar-refractivity contribution >= 4 is 28.1 Å². The Morgan fingerprint density at radius 2 is 1.92 bits per heavy atom. The van der Waals surface area contributed by atoms with Crippen LogP contribution in [0.5, 0.6) is 0 Å². The summed E-state index contributed by atoms with van der Waals surface area (Å²) in [6.45, 7) is 0.611. The molecule has 0 bridgehead atoms. The Morgan fingerprint density at radius 1 is 1.17 bits per heavy atom. The largest absolute Gasteiger partial charge is 0.383 e. The van der Waals surface area contributed by atoms with Gasteiger partial charge >= 0.3 is 0 Å². The second kappa shape index (κ2) is 6.47. The first kappa shape index (κ1) is 15.6. The van der Waals surface area contributed by atoms with E-state index in [0.717, 1.165) is 27.8 Å². The zero-order valence-corrected chi connectivity index (χ0v) is 13.7. The molecule has 0 aliphatic rings. The van der Waals surface area contributed by atoms with Crippen molar-refractivity contribution in [2.24, 2.45) is 0 Å². The Balaban J connectivity index is 2.11. The normalized spacial score (nSPS) is 10.4. The molecule has 5 heteroatoms. The van der Waals surface area contributed by atoms with E-state index in [1.807, 2.05) is 67.5 Å². The maximum atomic E-state index is 9.51. The van der Waals surface area contributed by atoms with Crippen LogP contribution in [-0.4, -0.2) is 19.1 Å². The summed E-state index contributed by atoms with van der Waals surface area (Å²) in [6.07, 6.45) is 0. The lowest BCUT2D eigenvalue weighted by Crippen LogP contribution is -2.09. The molecule has 3 N–H and O–H groups in total. The van der Waals surface area contributed by atoms with Crippen LogP contribution in [0.25, 0.3) is 10.9 Å². The number of anilines is 3. The highest BCUT2D eigenvalue weighted by Gasteiger charge is 2.14. The van der Waals surface area contributed by atoms with Crippen molar-refractivity contribution in [2.45, 2.75) is 6.54 Å². The Labute approximate surface area is 141 Å². The zero-order chi connectivity index (χ0) is 17.1. The van der Waals surface area contributed by atoms with Crippen LogP contribution < -0.4 is 16.0 Å². The number of nitriles is 1. The average Bonchev–Trinajstić information content (AvgIpc) is 2.59. The molecule has 3 rings (SSSR count). The number of pyridine rings is 1. The minimum absolute atomic E-state index is 0.248. The molecule has 120 valence electrons. The number of nitrogens with two attached hydrogens (primary N) is 1. The van der Waals surface area contributed by atoms with E-state index in [1.165, 1.54) is 0 Å².